The fraction of sp³-hybridized carbons (Fsp3) is 0.333. The van der Waals surface area contributed by atoms with Crippen LogP contribution in [0.5, 0.6) is 11.8 Å². The van der Waals surface area contributed by atoms with E-state index >= 15 is 0 Å². The lowest BCUT2D eigenvalue weighted by Crippen LogP contribution is -2.20. The first kappa shape index (κ1) is 15.2. The van der Waals surface area contributed by atoms with Crippen LogP contribution >= 0.6 is 0 Å². The third-order valence-electron chi connectivity index (χ3n) is 3.24. The van der Waals surface area contributed by atoms with Gasteiger partial charge in [-0.3, -0.25) is 0 Å². The van der Waals surface area contributed by atoms with Gasteiger partial charge in [0, 0.05) is 0 Å². The number of halogens is 1. The standard InChI is InChI=1S/C15H18FN3O2/c1-9-5-6-10(7-11(9)16)13(17-2)14-15(21-4)19-12(20-3)8-18-14/h5-8,13,17H,1-4H3. The first-order chi connectivity index (χ1) is 10.1. The summed E-state index contributed by atoms with van der Waals surface area (Å²) in [6.07, 6.45) is 1.51. The Kier molecular flexibility index (Phi) is 4.70. The van der Waals surface area contributed by atoms with E-state index in [0.29, 0.717) is 23.0 Å². The molecule has 0 aliphatic heterocycles. The van der Waals surface area contributed by atoms with Crippen LogP contribution in [0.2, 0.25) is 0 Å². The molecule has 6 heteroatoms. The zero-order valence-electron chi connectivity index (χ0n) is 12.5. The number of ether oxygens (including phenoxy) is 2. The van der Waals surface area contributed by atoms with Crippen LogP contribution in [0.15, 0.2) is 24.4 Å². The number of rotatable bonds is 5. The molecule has 0 aliphatic carbocycles. The summed E-state index contributed by atoms with van der Waals surface area (Å²) in [6.45, 7) is 1.72. The molecule has 21 heavy (non-hydrogen) atoms. The second-order valence-corrected chi connectivity index (χ2v) is 4.54. The fourth-order valence-corrected chi connectivity index (χ4v) is 2.06. The Labute approximate surface area is 123 Å². The van der Waals surface area contributed by atoms with Gasteiger partial charge in [-0.2, -0.15) is 4.98 Å². The second-order valence-electron chi connectivity index (χ2n) is 4.54. The molecule has 0 bridgehead atoms. The van der Waals surface area contributed by atoms with E-state index in [2.05, 4.69) is 15.3 Å². The van der Waals surface area contributed by atoms with Crippen molar-refractivity contribution in [2.75, 3.05) is 21.3 Å². The van der Waals surface area contributed by atoms with Crippen molar-refractivity contribution in [1.29, 1.82) is 0 Å². The van der Waals surface area contributed by atoms with E-state index in [1.807, 2.05) is 6.07 Å². The fourth-order valence-electron chi connectivity index (χ4n) is 2.06. The number of benzene rings is 1. The molecule has 112 valence electrons. The zero-order valence-corrected chi connectivity index (χ0v) is 12.5. The molecule has 1 aromatic heterocycles. The highest BCUT2D eigenvalue weighted by Gasteiger charge is 2.21. The highest BCUT2D eigenvalue weighted by molar-refractivity contribution is 5.36. The van der Waals surface area contributed by atoms with Gasteiger partial charge in [0.25, 0.3) is 0 Å². The molecular weight excluding hydrogens is 273 g/mol. The minimum Gasteiger partial charge on any atom is -0.480 e. The predicted molar refractivity (Wildman–Crippen MR) is 77.2 cm³/mol. The van der Waals surface area contributed by atoms with Crippen LogP contribution in [0.1, 0.15) is 22.9 Å². The molecule has 0 amide bonds. The van der Waals surface area contributed by atoms with Crippen molar-refractivity contribution in [3.63, 3.8) is 0 Å². The summed E-state index contributed by atoms with van der Waals surface area (Å²) in [5, 5.41) is 3.10. The zero-order chi connectivity index (χ0) is 15.4. The number of nitrogens with zero attached hydrogens (tertiary/aromatic N) is 2. The minimum atomic E-state index is -0.326. The average molecular weight is 291 g/mol. The molecule has 0 saturated heterocycles. The molecule has 1 atom stereocenters. The summed E-state index contributed by atoms with van der Waals surface area (Å²) < 4.78 is 24.1. The largest absolute Gasteiger partial charge is 0.480 e. The van der Waals surface area contributed by atoms with Crippen molar-refractivity contribution >= 4 is 0 Å². The lowest BCUT2D eigenvalue weighted by molar-refractivity contribution is 0.353. The van der Waals surface area contributed by atoms with Crippen LogP contribution in [-0.2, 0) is 0 Å². The Morgan fingerprint density at radius 3 is 2.57 bits per heavy atom. The molecule has 0 fully saturated rings. The topological polar surface area (TPSA) is 56.3 Å². The van der Waals surface area contributed by atoms with Crippen LogP contribution in [0.3, 0.4) is 0 Å². The summed E-state index contributed by atoms with van der Waals surface area (Å²) in [7, 11) is 4.79. The minimum absolute atomic E-state index is 0.256. The summed E-state index contributed by atoms with van der Waals surface area (Å²) in [5.41, 5.74) is 1.92. The third kappa shape index (κ3) is 3.11. The number of aromatic nitrogens is 2. The number of aryl methyl sites for hydroxylation is 1. The van der Waals surface area contributed by atoms with Crippen molar-refractivity contribution < 1.29 is 13.9 Å². The maximum absolute atomic E-state index is 13.8. The van der Waals surface area contributed by atoms with Gasteiger partial charge in [-0.05, 0) is 31.2 Å². The van der Waals surface area contributed by atoms with Crippen molar-refractivity contribution in [2.45, 2.75) is 13.0 Å². The molecule has 2 rings (SSSR count). The van der Waals surface area contributed by atoms with Gasteiger partial charge in [-0.1, -0.05) is 12.1 Å². The van der Waals surface area contributed by atoms with Crippen molar-refractivity contribution in [2.24, 2.45) is 0 Å². The van der Waals surface area contributed by atoms with E-state index in [9.17, 15) is 4.39 Å². The van der Waals surface area contributed by atoms with Crippen molar-refractivity contribution in [3.8, 4) is 11.8 Å². The predicted octanol–water partition coefficient (Wildman–Crippen LogP) is 2.25. The average Bonchev–Trinajstić information content (AvgIpc) is 2.51. The van der Waals surface area contributed by atoms with E-state index in [1.165, 1.54) is 26.5 Å². The normalized spacial score (nSPS) is 12.0. The molecular formula is C15H18FN3O2. The SMILES string of the molecule is CNC(c1ccc(C)c(F)c1)c1ncc(OC)nc1OC. The van der Waals surface area contributed by atoms with Gasteiger partial charge < -0.3 is 14.8 Å². The molecule has 2 aromatic rings. The molecule has 0 spiro atoms. The molecule has 1 unspecified atom stereocenters. The number of hydrogen-bond acceptors (Lipinski definition) is 5. The highest BCUT2D eigenvalue weighted by Crippen LogP contribution is 2.28. The Morgan fingerprint density at radius 2 is 2.00 bits per heavy atom. The highest BCUT2D eigenvalue weighted by atomic mass is 19.1. The molecule has 5 nitrogen and oxygen atoms in total. The smallest absolute Gasteiger partial charge is 0.240 e. The van der Waals surface area contributed by atoms with E-state index < -0.39 is 0 Å². The van der Waals surface area contributed by atoms with Gasteiger partial charge >= 0.3 is 0 Å². The molecule has 1 aromatic carbocycles. The molecule has 1 N–H and O–H groups in total. The van der Waals surface area contributed by atoms with Crippen molar-refractivity contribution in [1.82, 2.24) is 15.3 Å². The summed E-state index contributed by atoms with van der Waals surface area (Å²) in [6, 6.07) is 4.75. The van der Waals surface area contributed by atoms with E-state index in [-0.39, 0.29) is 11.9 Å². The molecule has 0 saturated carbocycles. The van der Waals surface area contributed by atoms with Crippen LogP contribution in [0.4, 0.5) is 4.39 Å². The molecule has 1 heterocycles. The van der Waals surface area contributed by atoms with Crippen LogP contribution in [-0.4, -0.2) is 31.2 Å². The monoisotopic (exact) mass is 291 g/mol. The van der Waals surface area contributed by atoms with E-state index in [0.717, 1.165) is 5.56 Å². The van der Waals surface area contributed by atoms with Gasteiger partial charge in [-0.25, -0.2) is 9.37 Å². The molecule has 0 aliphatic rings. The Hall–Kier alpha value is -2.21. The summed E-state index contributed by atoms with van der Waals surface area (Å²) in [5.74, 6) is 0.448. The van der Waals surface area contributed by atoms with Crippen LogP contribution < -0.4 is 14.8 Å². The van der Waals surface area contributed by atoms with Crippen molar-refractivity contribution in [3.05, 3.63) is 47.0 Å². The lowest BCUT2D eigenvalue weighted by atomic mass is 10.0. The maximum atomic E-state index is 13.8. The molecule has 0 radical (unpaired) electrons. The lowest BCUT2D eigenvalue weighted by Gasteiger charge is -2.18. The van der Waals surface area contributed by atoms with Gasteiger partial charge in [0.15, 0.2) is 0 Å². The quantitative estimate of drug-likeness (QED) is 0.915. The van der Waals surface area contributed by atoms with Gasteiger partial charge in [0.1, 0.15) is 11.5 Å². The number of nitrogens with one attached hydrogen (secondary N) is 1. The van der Waals surface area contributed by atoms with E-state index in [1.54, 1.807) is 20.0 Å². The second kappa shape index (κ2) is 6.49. The first-order valence-corrected chi connectivity index (χ1v) is 6.49. The van der Waals surface area contributed by atoms with Gasteiger partial charge in [-0.15, -0.1) is 0 Å². The Morgan fingerprint density at radius 1 is 1.24 bits per heavy atom. The number of hydrogen-bond donors (Lipinski definition) is 1. The van der Waals surface area contributed by atoms with Gasteiger partial charge in [0.2, 0.25) is 11.8 Å². The maximum Gasteiger partial charge on any atom is 0.240 e. The van der Waals surface area contributed by atoms with Gasteiger partial charge in [0.05, 0.1) is 26.5 Å². The third-order valence-corrected chi connectivity index (χ3v) is 3.24. The van der Waals surface area contributed by atoms with Crippen LogP contribution in [0, 0.1) is 12.7 Å². The number of methoxy groups -OCH3 is 2. The van der Waals surface area contributed by atoms with E-state index in [4.69, 9.17) is 9.47 Å². The first-order valence-electron chi connectivity index (χ1n) is 6.49. The van der Waals surface area contributed by atoms with Crippen LogP contribution in [0.25, 0.3) is 0 Å². The Bertz CT molecular complexity index is 634. The summed E-state index contributed by atoms with van der Waals surface area (Å²) in [4.78, 5) is 8.53. The Balaban J connectivity index is 2.47. The summed E-state index contributed by atoms with van der Waals surface area (Å²) >= 11 is 0.